The number of aryl methyl sites for hydroxylation is 1. The van der Waals surface area contributed by atoms with E-state index in [1.165, 1.54) is 0 Å². The second kappa shape index (κ2) is 6.90. The Morgan fingerprint density at radius 1 is 1.29 bits per heavy atom. The normalized spacial score (nSPS) is 12.2. The second-order valence-corrected chi connectivity index (χ2v) is 4.85. The van der Waals surface area contributed by atoms with Crippen LogP contribution in [-0.2, 0) is 16.0 Å². The number of aromatic amines is 1. The Morgan fingerprint density at radius 3 is 2.76 bits per heavy atom. The number of aliphatic carboxylic acids is 1. The molecule has 0 bridgehead atoms. The van der Waals surface area contributed by atoms with Crippen LogP contribution in [0.4, 0.5) is 0 Å². The molecule has 1 aromatic heterocycles. The number of fused-ring (bicyclic) bond motifs is 1. The van der Waals surface area contributed by atoms with Gasteiger partial charge in [0.2, 0.25) is 5.91 Å². The standard InChI is InChI=1S/C15H18N2O4/c18-9-13(15(20)21)17-14(19)7-3-4-10-8-16-12-6-2-1-5-11(10)12/h1-2,5-6,8,13,16,18H,3-4,7,9H2,(H,17,19)(H,20,21)/t13-/m0/s1. The van der Waals surface area contributed by atoms with Gasteiger partial charge in [-0.2, -0.15) is 0 Å². The number of hydrogen-bond acceptors (Lipinski definition) is 3. The fraction of sp³-hybridized carbons (Fsp3) is 0.333. The zero-order chi connectivity index (χ0) is 15.2. The fourth-order valence-corrected chi connectivity index (χ4v) is 2.23. The molecule has 4 N–H and O–H groups in total. The smallest absolute Gasteiger partial charge is 0.328 e. The SMILES string of the molecule is O=C(CCCc1c[nH]c2ccccc12)N[C@@H](CO)C(=O)O. The van der Waals surface area contributed by atoms with Crippen LogP contribution in [0.1, 0.15) is 18.4 Å². The molecule has 2 rings (SSSR count). The molecule has 0 aliphatic rings. The van der Waals surface area contributed by atoms with E-state index in [0.717, 1.165) is 22.9 Å². The van der Waals surface area contributed by atoms with Crippen molar-refractivity contribution in [2.75, 3.05) is 6.61 Å². The van der Waals surface area contributed by atoms with E-state index in [1.807, 2.05) is 30.5 Å². The predicted octanol–water partition coefficient (Wildman–Crippen LogP) is 1.05. The summed E-state index contributed by atoms with van der Waals surface area (Å²) in [6, 6.07) is 6.70. The van der Waals surface area contributed by atoms with Gasteiger partial charge in [0.1, 0.15) is 6.04 Å². The zero-order valence-electron chi connectivity index (χ0n) is 11.5. The Balaban J connectivity index is 1.84. The number of amides is 1. The molecule has 6 nitrogen and oxygen atoms in total. The number of nitrogens with one attached hydrogen (secondary N) is 2. The summed E-state index contributed by atoms with van der Waals surface area (Å²) >= 11 is 0. The van der Waals surface area contributed by atoms with Gasteiger partial charge in [-0.3, -0.25) is 4.79 Å². The van der Waals surface area contributed by atoms with Gasteiger partial charge in [0.25, 0.3) is 0 Å². The Hall–Kier alpha value is -2.34. The Morgan fingerprint density at radius 2 is 2.05 bits per heavy atom. The third kappa shape index (κ3) is 3.82. The van der Waals surface area contributed by atoms with Gasteiger partial charge in [-0.1, -0.05) is 18.2 Å². The number of carboxylic acids is 1. The monoisotopic (exact) mass is 290 g/mol. The summed E-state index contributed by atoms with van der Waals surface area (Å²) in [5, 5.41) is 21.0. The minimum Gasteiger partial charge on any atom is -0.480 e. The number of para-hydroxylation sites is 1. The molecule has 1 aromatic carbocycles. The largest absolute Gasteiger partial charge is 0.480 e. The van der Waals surface area contributed by atoms with Crippen molar-refractivity contribution in [3.05, 3.63) is 36.0 Å². The fourth-order valence-electron chi connectivity index (χ4n) is 2.23. The van der Waals surface area contributed by atoms with Crippen LogP contribution in [0.2, 0.25) is 0 Å². The van der Waals surface area contributed by atoms with E-state index in [0.29, 0.717) is 6.42 Å². The average molecular weight is 290 g/mol. The Labute approximate surface area is 121 Å². The number of carbonyl (C=O) groups is 2. The minimum absolute atomic E-state index is 0.225. The summed E-state index contributed by atoms with van der Waals surface area (Å²) < 4.78 is 0. The molecular weight excluding hydrogens is 272 g/mol. The van der Waals surface area contributed by atoms with Crippen LogP contribution in [0.3, 0.4) is 0 Å². The number of H-pyrrole nitrogens is 1. The molecule has 0 fully saturated rings. The number of aromatic nitrogens is 1. The van der Waals surface area contributed by atoms with E-state index in [1.54, 1.807) is 0 Å². The van der Waals surface area contributed by atoms with Crippen molar-refractivity contribution in [3.8, 4) is 0 Å². The highest BCUT2D eigenvalue weighted by atomic mass is 16.4. The highest BCUT2D eigenvalue weighted by Crippen LogP contribution is 2.19. The molecule has 0 unspecified atom stereocenters. The molecular formula is C15H18N2O4. The van der Waals surface area contributed by atoms with E-state index in [2.05, 4.69) is 10.3 Å². The van der Waals surface area contributed by atoms with Crippen LogP contribution in [0.25, 0.3) is 10.9 Å². The van der Waals surface area contributed by atoms with Gasteiger partial charge in [0.05, 0.1) is 6.61 Å². The van der Waals surface area contributed by atoms with Gasteiger partial charge in [-0.25, -0.2) is 4.79 Å². The summed E-state index contributed by atoms with van der Waals surface area (Å²) in [6.07, 6.45) is 3.50. The highest BCUT2D eigenvalue weighted by molar-refractivity contribution is 5.84. The summed E-state index contributed by atoms with van der Waals surface area (Å²) in [6.45, 7) is -0.608. The number of benzene rings is 1. The van der Waals surface area contributed by atoms with Crippen LogP contribution < -0.4 is 5.32 Å². The number of carbonyl (C=O) groups excluding carboxylic acids is 1. The average Bonchev–Trinajstić information content (AvgIpc) is 2.88. The van der Waals surface area contributed by atoms with E-state index in [-0.39, 0.29) is 12.3 Å². The molecule has 1 atom stereocenters. The van der Waals surface area contributed by atoms with Crippen LogP contribution in [-0.4, -0.2) is 39.7 Å². The number of rotatable bonds is 7. The molecule has 0 saturated carbocycles. The van der Waals surface area contributed by atoms with Crippen molar-refractivity contribution in [2.45, 2.75) is 25.3 Å². The van der Waals surface area contributed by atoms with E-state index in [9.17, 15) is 9.59 Å². The van der Waals surface area contributed by atoms with Gasteiger partial charge in [-0.05, 0) is 24.5 Å². The molecule has 1 heterocycles. The number of aliphatic hydroxyl groups excluding tert-OH is 1. The van der Waals surface area contributed by atoms with E-state index >= 15 is 0 Å². The second-order valence-electron chi connectivity index (χ2n) is 4.85. The molecule has 0 spiro atoms. The van der Waals surface area contributed by atoms with Crippen molar-refractivity contribution >= 4 is 22.8 Å². The van der Waals surface area contributed by atoms with Crippen LogP contribution in [0.15, 0.2) is 30.5 Å². The number of hydrogen-bond donors (Lipinski definition) is 4. The summed E-state index contributed by atoms with van der Waals surface area (Å²) in [4.78, 5) is 25.5. The third-order valence-electron chi connectivity index (χ3n) is 3.34. The Bertz CT molecular complexity index is 635. The lowest BCUT2D eigenvalue weighted by Crippen LogP contribution is -2.43. The van der Waals surface area contributed by atoms with Crippen molar-refractivity contribution in [1.82, 2.24) is 10.3 Å². The lowest BCUT2D eigenvalue weighted by Gasteiger charge is -2.11. The van der Waals surface area contributed by atoms with Gasteiger partial charge < -0.3 is 20.5 Å². The van der Waals surface area contributed by atoms with Crippen LogP contribution >= 0.6 is 0 Å². The third-order valence-corrected chi connectivity index (χ3v) is 3.34. The van der Waals surface area contributed by atoms with Crippen molar-refractivity contribution in [1.29, 1.82) is 0 Å². The highest BCUT2D eigenvalue weighted by Gasteiger charge is 2.18. The maximum Gasteiger partial charge on any atom is 0.328 e. The lowest BCUT2D eigenvalue weighted by molar-refractivity contribution is -0.142. The molecule has 1 amide bonds. The van der Waals surface area contributed by atoms with Gasteiger partial charge >= 0.3 is 5.97 Å². The summed E-state index contributed by atoms with van der Waals surface area (Å²) in [7, 11) is 0. The van der Waals surface area contributed by atoms with Crippen LogP contribution in [0, 0.1) is 0 Å². The molecule has 21 heavy (non-hydrogen) atoms. The van der Waals surface area contributed by atoms with Gasteiger partial charge in [0, 0.05) is 23.5 Å². The predicted molar refractivity (Wildman–Crippen MR) is 77.9 cm³/mol. The molecule has 0 radical (unpaired) electrons. The molecule has 6 heteroatoms. The van der Waals surface area contributed by atoms with Crippen LogP contribution in [0.5, 0.6) is 0 Å². The van der Waals surface area contributed by atoms with Crippen molar-refractivity contribution < 1.29 is 19.8 Å². The van der Waals surface area contributed by atoms with Gasteiger partial charge in [0.15, 0.2) is 0 Å². The molecule has 2 aromatic rings. The van der Waals surface area contributed by atoms with E-state index < -0.39 is 18.6 Å². The maximum atomic E-state index is 11.6. The maximum absolute atomic E-state index is 11.6. The van der Waals surface area contributed by atoms with Crippen molar-refractivity contribution in [2.24, 2.45) is 0 Å². The first-order valence-corrected chi connectivity index (χ1v) is 6.80. The lowest BCUT2D eigenvalue weighted by atomic mass is 10.1. The first-order valence-electron chi connectivity index (χ1n) is 6.80. The summed E-state index contributed by atoms with van der Waals surface area (Å²) in [5.41, 5.74) is 2.19. The molecule has 0 aliphatic carbocycles. The number of aliphatic hydroxyl groups is 1. The van der Waals surface area contributed by atoms with Crippen molar-refractivity contribution in [3.63, 3.8) is 0 Å². The zero-order valence-corrected chi connectivity index (χ0v) is 11.5. The Kier molecular flexibility index (Phi) is 4.94. The van der Waals surface area contributed by atoms with Gasteiger partial charge in [-0.15, -0.1) is 0 Å². The topological polar surface area (TPSA) is 102 Å². The quantitative estimate of drug-likeness (QED) is 0.612. The molecule has 112 valence electrons. The molecule has 0 aliphatic heterocycles. The minimum atomic E-state index is -1.23. The first-order chi connectivity index (χ1) is 10.1. The first kappa shape index (κ1) is 15.1. The molecule has 0 saturated heterocycles. The van der Waals surface area contributed by atoms with E-state index in [4.69, 9.17) is 10.2 Å². The number of carboxylic acid groups (broad SMARTS) is 1. The summed E-state index contributed by atoms with van der Waals surface area (Å²) in [5.74, 6) is -1.60.